The maximum atomic E-state index is 12.7. The van der Waals surface area contributed by atoms with Crippen molar-refractivity contribution < 1.29 is 14.3 Å². The molecule has 2 aliphatic rings. The lowest BCUT2D eigenvalue weighted by Gasteiger charge is -2.23. The van der Waals surface area contributed by atoms with Crippen molar-refractivity contribution in [1.29, 1.82) is 0 Å². The molecule has 1 saturated heterocycles. The van der Waals surface area contributed by atoms with Gasteiger partial charge in [-0.2, -0.15) is 0 Å². The number of aryl methyl sites for hydroxylation is 2. The Bertz CT molecular complexity index is 1220. The minimum atomic E-state index is -0.454. The van der Waals surface area contributed by atoms with Gasteiger partial charge in [0.2, 0.25) is 0 Å². The van der Waals surface area contributed by atoms with Crippen molar-refractivity contribution >= 4 is 29.2 Å². The Morgan fingerprint density at radius 2 is 1.97 bits per heavy atom. The van der Waals surface area contributed by atoms with Crippen molar-refractivity contribution in [2.75, 3.05) is 18.4 Å². The lowest BCUT2D eigenvalue weighted by molar-refractivity contribution is 0.178. The van der Waals surface area contributed by atoms with Gasteiger partial charge in [0.1, 0.15) is 17.3 Å². The third-order valence-corrected chi connectivity index (χ3v) is 7.09. The van der Waals surface area contributed by atoms with Gasteiger partial charge in [0.05, 0.1) is 21.3 Å². The molecule has 176 valence electrons. The lowest BCUT2D eigenvalue weighted by atomic mass is 10.2. The number of aromatic nitrogens is 3. The van der Waals surface area contributed by atoms with Crippen LogP contribution in [-0.2, 0) is 0 Å². The summed E-state index contributed by atoms with van der Waals surface area (Å²) in [4.78, 5) is 42.7. The number of anilines is 1. The molecule has 2 fully saturated rings. The molecule has 0 aromatic carbocycles. The zero-order valence-electron chi connectivity index (χ0n) is 19.2. The van der Waals surface area contributed by atoms with Crippen molar-refractivity contribution in [3.63, 3.8) is 0 Å². The number of amides is 4. The molecule has 4 amide bonds. The Kier molecular flexibility index (Phi) is 6.14. The summed E-state index contributed by atoms with van der Waals surface area (Å²) in [6.07, 6.45) is 7.82. The number of pyridine rings is 2. The number of thiazole rings is 1. The Balaban J connectivity index is 1.24. The maximum Gasteiger partial charge on any atom is 0.331 e. The highest BCUT2D eigenvalue weighted by atomic mass is 32.1. The Hall–Kier alpha value is -3.53. The number of ether oxygens (including phenoxy) is 1. The molecule has 4 heterocycles. The van der Waals surface area contributed by atoms with E-state index in [-0.39, 0.29) is 12.1 Å². The predicted octanol–water partition coefficient (Wildman–Crippen LogP) is 5.22. The van der Waals surface area contributed by atoms with Gasteiger partial charge in [-0.3, -0.25) is 10.3 Å². The number of rotatable bonds is 5. The first kappa shape index (κ1) is 22.3. The summed E-state index contributed by atoms with van der Waals surface area (Å²) in [6, 6.07) is 6.65. The molecular weight excluding hydrogens is 452 g/mol. The van der Waals surface area contributed by atoms with E-state index in [0.717, 1.165) is 41.3 Å². The van der Waals surface area contributed by atoms with Crippen molar-refractivity contribution in [3.8, 4) is 22.1 Å². The van der Waals surface area contributed by atoms with Crippen LogP contribution in [0.25, 0.3) is 10.6 Å². The molecule has 3 aromatic rings. The van der Waals surface area contributed by atoms with Crippen molar-refractivity contribution in [1.82, 2.24) is 24.8 Å². The van der Waals surface area contributed by atoms with E-state index in [1.54, 1.807) is 41.9 Å². The van der Waals surface area contributed by atoms with Crippen LogP contribution in [0.5, 0.6) is 11.5 Å². The summed E-state index contributed by atoms with van der Waals surface area (Å²) in [5.74, 6) is 1.57. The molecule has 1 N–H and O–H groups in total. The molecule has 5 rings (SSSR count). The average Bonchev–Trinajstić information content (AvgIpc) is 3.57. The van der Waals surface area contributed by atoms with Crippen LogP contribution in [0.1, 0.15) is 36.4 Å². The molecular formula is C24H26N6O3S. The van der Waals surface area contributed by atoms with Gasteiger partial charge in [-0.1, -0.05) is 12.8 Å². The van der Waals surface area contributed by atoms with Gasteiger partial charge in [-0.05, 0) is 44.9 Å². The Labute approximate surface area is 201 Å². The lowest BCUT2D eigenvalue weighted by Crippen LogP contribution is -2.42. The third-order valence-electron chi connectivity index (χ3n) is 6.16. The maximum absolute atomic E-state index is 12.7. The Morgan fingerprint density at radius 1 is 1.15 bits per heavy atom. The molecule has 0 unspecified atom stereocenters. The van der Waals surface area contributed by atoms with E-state index in [4.69, 9.17) is 4.74 Å². The van der Waals surface area contributed by atoms with Crippen LogP contribution in [0.15, 0.2) is 36.7 Å². The zero-order chi connectivity index (χ0) is 23.7. The summed E-state index contributed by atoms with van der Waals surface area (Å²) in [7, 11) is 0. The molecule has 34 heavy (non-hydrogen) atoms. The minimum Gasteiger partial charge on any atom is -0.455 e. The average molecular weight is 479 g/mol. The summed E-state index contributed by atoms with van der Waals surface area (Å²) < 4.78 is 6.02. The topological polar surface area (TPSA) is 101 Å². The molecule has 0 radical (unpaired) electrons. The van der Waals surface area contributed by atoms with Crippen LogP contribution >= 0.6 is 11.3 Å². The van der Waals surface area contributed by atoms with E-state index in [1.807, 2.05) is 24.8 Å². The number of carbonyl (C=O) groups is 2. The van der Waals surface area contributed by atoms with Crippen LogP contribution in [0.4, 0.5) is 15.4 Å². The van der Waals surface area contributed by atoms with Crippen molar-refractivity contribution in [2.45, 2.75) is 45.6 Å². The highest BCUT2D eigenvalue weighted by Crippen LogP contribution is 2.30. The van der Waals surface area contributed by atoms with Gasteiger partial charge in [0.25, 0.3) is 0 Å². The molecule has 9 nitrogen and oxygen atoms in total. The van der Waals surface area contributed by atoms with E-state index < -0.39 is 6.03 Å². The van der Waals surface area contributed by atoms with Gasteiger partial charge in [-0.25, -0.2) is 24.5 Å². The number of imide groups is 1. The fourth-order valence-corrected chi connectivity index (χ4v) is 5.16. The first-order valence-corrected chi connectivity index (χ1v) is 12.2. The number of hydrogen-bond donors (Lipinski definition) is 1. The van der Waals surface area contributed by atoms with E-state index in [0.29, 0.717) is 36.1 Å². The van der Waals surface area contributed by atoms with Gasteiger partial charge in [-0.15, -0.1) is 11.3 Å². The number of nitrogens with zero attached hydrogens (tertiary/aromatic N) is 5. The number of carbonyl (C=O) groups excluding carboxylic acids is 2. The SMILES string of the molecule is Cc1ncc(-c2cc(Oc3ccc(NC(=O)N4CCN(C5CCCC5)C4=O)nc3C)ccn2)s1. The predicted molar refractivity (Wildman–Crippen MR) is 129 cm³/mol. The summed E-state index contributed by atoms with van der Waals surface area (Å²) in [6.45, 7) is 4.74. The Morgan fingerprint density at radius 3 is 2.71 bits per heavy atom. The monoisotopic (exact) mass is 478 g/mol. The normalized spacial score (nSPS) is 16.4. The second-order valence-corrected chi connectivity index (χ2v) is 9.73. The third kappa shape index (κ3) is 4.58. The minimum absolute atomic E-state index is 0.217. The molecule has 1 aliphatic heterocycles. The van der Waals surface area contributed by atoms with Gasteiger partial charge in [0, 0.05) is 37.6 Å². The summed E-state index contributed by atoms with van der Waals surface area (Å²) in [5, 5.41) is 3.72. The van der Waals surface area contributed by atoms with E-state index >= 15 is 0 Å². The second-order valence-electron chi connectivity index (χ2n) is 8.50. The molecule has 0 atom stereocenters. The van der Waals surface area contributed by atoms with Crippen LogP contribution in [0.3, 0.4) is 0 Å². The molecule has 1 saturated carbocycles. The van der Waals surface area contributed by atoms with Crippen LogP contribution < -0.4 is 10.1 Å². The van der Waals surface area contributed by atoms with Gasteiger partial charge < -0.3 is 9.64 Å². The second kappa shape index (κ2) is 9.38. The smallest absolute Gasteiger partial charge is 0.331 e. The summed E-state index contributed by atoms with van der Waals surface area (Å²) in [5.41, 5.74) is 1.41. The fraction of sp³-hybridized carbons (Fsp3) is 0.375. The largest absolute Gasteiger partial charge is 0.455 e. The zero-order valence-corrected chi connectivity index (χ0v) is 20.0. The van der Waals surface area contributed by atoms with Crippen LogP contribution in [0, 0.1) is 13.8 Å². The van der Waals surface area contributed by atoms with E-state index in [9.17, 15) is 9.59 Å². The van der Waals surface area contributed by atoms with Crippen LogP contribution in [0.2, 0.25) is 0 Å². The first-order chi connectivity index (χ1) is 16.5. The van der Waals surface area contributed by atoms with E-state index in [1.165, 1.54) is 4.90 Å². The quantitative estimate of drug-likeness (QED) is 0.539. The van der Waals surface area contributed by atoms with Gasteiger partial charge in [0.15, 0.2) is 0 Å². The molecule has 0 spiro atoms. The van der Waals surface area contributed by atoms with E-state index in [2.05, 4.69) is 20.3 Å². The van der Waals surface area contributed by atoms with Crippen LogP contribution in [-0.4, -0.2) is 55.9 Å². The molecule has 10 heteroatoms. The first-order valence-electron chi connectivity index (χ1n) is 11.4. The molecule has 3 aromatic heterocycles. The highest BCUT2D eigenvalue weighted by molar-refractivity contribution is 7.15. The highest BCUT2D eigenvalue weighted by Gasteiger charge is 2.38. The fourth-order valence-electron chi connectivity index (χ4n) is 4.42. The number of nitrogens with one attached hydrogen (secondary N) is 1. The van der Waals surface area contributed by atoms with Crippen molar-refractivity contribution in [3.05, 3.63) is 47.4 Å². The van der Waals surface area contributed by atoms with Crippen molar-refractivity contribution in [2.24, 2.45) is 0 Å². The summed E-state index contributed by atoms with van der Waals surface area (Å²) >= 11 is 1.57. The number of urea groups is 2. The number of hydrogen-bond acceptors (Lipinski definition) is 7. The standard InChI is InChI=1S/C24H26N6O3S/c1-15-20(33-18-9-10-25-19(13-18)21-14-26-16(2)34-21)7-8-22(27-15)28-23(31)30-12-11-29(24(30)32)17-5-3-4-6-17/h7-10,13-14,17H,3-6,11-12H2,1-2H3,(H,27,28,31). The molecule has 0 bridgehead atoms. The van der Waals surface area contributed by atoms with Gasteiger partial charge >= 0.3 is 12.1 Å². The molecule has 1 aliphatic carbocycles.